The van der Waals surface area contributed by atoms with Crippen molar-refractivity contribution in [3.05, 3.63) is 47.0 Å². The van der Waals surface area contributed by atoms with Gasteiger partial charge in [0.1, 0.15) is 5.78 Å². The minimum absolute atomic E-state index is 0.0379. The van der Waals surface area contributed by atoms with E-state index in [1.807, 2.05) is 37.3 Å². The van der Waals surface area contributed by atoms with Gasteiger partial charge in [0.2, 0.25) is 0 Å². The zero-order chi connectivity index (χ0) is 36.7. The lowest BCUT2D eigenvalue weighted by Gasteiger charge is -2.69. The smallest absolute Gasteiger partial charge is 0.306 e. The quantitative estimate of drug-likeness (QED) is 0.268. The summed E-state index contributed by atoms with van der Waals surface area (Å²) in [6.45, 7) is 17.1. The summed E-state index contributed by atoms with van der Waals surface area (Å²) in [5.74, 6) is 2.10. The number of aliphatic carboxylic acids is 1. The number of hydrogen-bond donors (Lipinski definition) is 2. The maximum Gasteiger partial charge on any atom is 0.306 e. The molecule has 0 spiro atoms. The summed E-state index contributed by atoms with van der Waals surface area (Å²) in [5.41, 5.74) is 3.63. The van der Waals surface area contributed by atoms with Crippen LogP contribution in [0, 0.1) is 74.9 Å². The first-order chi connectivity index (χ1) is 24.0. The summed E-state index contributed by atoms with van der Waals surface area (Å²) < 4.78 is 0. The Balaban J connectivity index is 1.09. The minimum Gasteiger partial charge on any atom is -0.481 e. The molecular weight excluding hydrogens is 634 g/mol. The topological polar surface area (TPSA) is 101 Å². The number of carbonyl (C=O) groups excluding carboxylic acids is 3. The minimum atomic E-state index is -0.757. The van der Waals surface area contributed by atoms with Gasteiger partial charge >= 0.3 is 5.97 Å². The third-order valence-corrected chi connectivity index (χ3v) is 16.9. The first-order valence-electron chi connectivity index (χ1n) is 20.4. The van der Waals surface area contributed by atoms with Crippen molar-refractivity contribution in [2.24, 2.45) is 74.9 Å². The normalized spacial score (nSPS) is 41.1. The van der Waals surface area contributed by atoms with Crippen LogP contribution in [0.2, 0.25) is 0 Å². The van der Waals surface area contributed by atoms with E-state index in [1.54, 1.807) is 0 Å². The number of carboxylic acids is 1. The third kappa shape index (κ3) is 5.70. The van der Waals surface area contributed by atoms with Crippen molar-refractivity contribution in [1.29, 1.82) is 0 Å². The zero-order valence-corrected chi connectivity index (χ0v) is 32.4. The molecule has 0 aromatic heterocycles. The molecule has 1 amide bonds. The second-order valence-electron chi connectivity index (χ2n) is 19.6. The number of carbonyl (C=O) groups is 4. The lowest BCUT2D eigenvalue weighted by atomic mass is 9.35. The van der Waals surface area contributed by atoms with Gasteiger partial charge in [0.25, 0.3) is 5.91 Å². The van der Waals surface area contributed by atoms with Crippen molar-refractivity contribution in [3.63, 3.8) is 0 Å². The molecule has 2 N–H and O–H groups in total. The highest BCUT2D eigenvalue weighted by atomic mass is 16.4. The average Bonchev–Trinajstić information content (AvgIpc) is 3.37. The molecule has 5 saturated carbocycles. The Morgan fingerprint density at radius 1 is 0.882 bits per heavy atom. The summed E-state index contributed by atoms with van der Waals surface area (Å²) in [6.07, 6.45) is 11.7. The van der Waals surface area contributed by atoms with Gasteiger partial charge in [-0.05, 0) is 140 Å². The number of benzene rings is 1. The fourth-order valence-corrected chi connectivity index (χ4v) is 14.2. The number of rotatable bonds is 9. The molecule has 11 atom stereocenters. The van der Waals surface area contributed by atoms with E-state index in [2.05, 4.69) is 46.9 Å². The number of Topliss-reactive ketones (excluding diaryl/α,β-unsaturated/α-hetero) is 2. The Bertz CT molecular complexity index is 1610. The number of allylic oxidation sites excluding steroid dienone is 2. The van der Waals surface area contributed by atoms with E-state index in [9.17, 15) is 24.3 Å². The zero-order valence-electron chi connectivity index (χ0n) is 32.4. The average molecular weight is 698 g/mol. The van der Waals surface area contributed by atoms with Crippen molar-refractivity contribution < 1.29 is 24.3 Å². The molecule has 1 aromatic carbocycles. The highest BCUT2D eigenvalue weighted by Gasteiger charge is 2.66. The van der Waals surface area contributed by atoms with Crippen molar-refractivity contribution in [3.8, 4) is 0 Å². The Hall–Kier alpha value is -2.76. The monoisotopic (exact) mass is 697 g/mol. The predicted molar refractivity (Wildman–Crippen MR) is 200 cm³/mol. The maximum absolute atomic E-state index is 13.9. The van der Waals surface area contributed by atoms with Gasteiger partial charge in [0, 0.05) is 36.3 Å². The number of nitrogens with one attached hydrogen (secondary N) is 1. The molecule has 0 heterocycles. The van der Waals surface area contributed by atoms with Gasteiger partial charge < -0.3 is 10.4 Å². The first-order valence-corrected chi connectivity index (χ1v) is 20.4. The van der Waals surface area contributed by atoms with Gasteiger partial charge in [0.05, 0.1) is 5.92 Å². The molecule has 6 aliphatic carbocycles. The molecule has 0 radical (unpaired) electrons. The Morgan fingerprint density at radius 2 is 1.59 bits per heavy atom. The van der Waals surface area contributed by atoms with Crippen LogP contribution < -0.4 is 5.32 Å². The molecule has 5 fully saturated rings. The summed E-state index contributed by atoms with van der Waals surface area (Å²) >= 11 is 0. The van der Waals surface area contributed by atoms with E-state index in [0.717, 1.165) is 44.1 Å². The standard InChI is InChI=1S/C45H63NO5/c1-26(2)38-35(48)25-45(21-22-46-40(49)28-11-9-8-10-12-28)20-16-33-30(39(38)45)13-14-37-43(33,6)19-17-36-42(4,5)29(15-18-44(36,37)7)23-34(47)31-24-32(27(31)3)41(50)51/h8-12,26-27,29-33,36-37H,13-25H2,1-7H3,(H,46,49)(H,50,51). The molecule has 11 unspecified atom stereocenters. The Morgan fingerprint density at radius 3 is 2.25 bits per heavy atom. The molecular formula is C45H63NO5. The second-order valence-corrected chi connectivity index (χ2v) is 19.6. The number of hydrogen-bond acceptors (Lipinski definition) is 4. The van der Waals surface area contributed by atoms with Gasteiger partial charge in [-0.1, -0.05) is 72.2 Å². The van der Waals surface area contributed by atoms with Crippen LogP contribution in [0.25, 0.3) is 0 Å². The summed E-state index contributed by atoms with van der Waals surface area (Å²) in [7, 11) is 0. The number of ketones is 2. The van der Waals surface area contributed by atoms with E-state index < -0.39 is 5.97 Å². The fourth-order valence-electron chi connectivity index (χ4n) is 14.2. The van der Waals surface area contributed by atoms with Crippen LogP contribution in [0.4, 0.5) is 0 Å². The molecule has 6 nitrogen and oxygen atoms in total. The SMILES string of the molecule is CC(C)C1=C2C3CCC4C(C)(CCC5C(C)(C)C(CC(=O)C6CC(C(=O)O)C6C)CCC54C)C3CCC2(CCNC(=O)c2ccccc2)CC1=O. The molecule has 0 saturated heterocycles. The van der Waals surface area contributed by atoms with E-state index in [0.29, 0.717) is 72.5 Å². The Labute approximate surface area is 306 Å². The first kappa shape index (κ1) is 36.6. The number of amides is 1. The molecule has 6 heteroatoms. The van der Waals surface area contributed by atoms with Crippen LogP contribution >= 0.6 is 0 Å². The second kappa shape index (κ2) is 13.0. The van der Waals surface area contributed by atoms with Crippen LogP contribution in [0.5, 0.6) is 0 Å². The molecule has 7 rings (SSSR count). The van der Waals surface area contributed by atoms with Gasteiger partial charge in [0.15, 0.2) is 5.78 Å². The number of fused-ring (bicyclic) bond motifs is 7. The van der Waals surface area contributed by atoms with Gasteiger partial charge in [-0.3, -0.25) is 19.2 Å². The summed E-state index contributed by atoms with van der Waals surface area (Å²) in [4.78, 5) is 52.0. The van der Waals surface area contributed by atoms with Crippen molar-refractivity contribution in [2.45, 2.75) is 126 Å². The molecule has 1 aromatic rings. The molecule has 0 bridgehead atoms. The van der Waals surface area contributed by atoms with E-state index in [4.69, 9.17) is 0 Å². The van der Waals surface area contributed by atoms with Gasteiger partial charge in [-0.15, -0.1) is 0 Å². The van der Waals surface area contributed by atoms with Crippen LogP contribution in [0.15, 0.2) is 41.5 Å². The maximum atomic E-state index is 13.9. The third-order valence-electron chi connectivity index (χ3n) is 16.9. The van der Waals surface area contributed by atoms with Crippen molar-refractivity contribution in [1.82, 2.24) is 5.32 Å². The lowest BCUT2D eigenvalue weighted by molar-refractivity contribution is -0.193. The largest absolute Gasteiger partial charge is 0.481 e. The van der Waals surface area contributed by atoms with Gasteiger partial charge in [-0.2, -0.15) is 0 Å². The van der Waals surface area contributed by atoms with Crippen LogP contribution in [-0.2, 0) is 14.4 Å². The predicted octanol–water partition coefficient (Wildman–Crippen LogP) is 9.33. The summed E-state index contributed by atoms with van der Waals surface area (Å²) in [5, 5.41) is 12.7. The summed E-state index contributed by atoms with van der Waals surface area (Å²) in [6, 6.07) is 9.43. The lowest BCUT2D eigenvalue weighted by Crippen LogP contribution is -2.62. The molecule has 51 heavy (non-hydrogen) atoms. The molecule has 6 aliphatic rings. The fraction of sp³-hybridized carbons (Fsp3) is 0.733. The van der Waals surface area contributed by atoms with E-state index in [1.165, 1.54) is 24.8 Å². The van der Waals surface area contributed by atoms with Crippen molar-refractivity contribution in [2.75, 3.05) is 6.54 Å². The van der Waals surface area contributed by atoms with E-state index in [-0.39, 0.29) is 51.2 Å². The van der Waals surface area contributed by atoms with Gasteiger partial charge in [-0.25, -0.2) is 0 Å². The molecule has 278 valence electrons. The molecule has 0 aliphatic heterocycles. The highest BCUT2D eigenvalue weighted by molar-refractivity contribution is 6.00. The van der Waals surface area contributed by atoms with Crippen LogP contribution in [-0.4, -0.2) is 35.1 Å². The van der Waals surface area contributed by atoms with Crippen LogP contribution in [0.3, 0.4) is 0 Å². The number of carboxylic acid groups (broad SMARTS) is 1. The Kier molecular flexibility index (Phi) is 9.31. The van der Waals surface area contributed by atoms with E-state index >= 15 is 0 Å². The highest BCUT2D eigenvalue weighted by Crippen LogP contribution is 2.74. The van der Waals surface area contributed by atoms with Crippen molar-refractivity contribution >= 4 is 23.4 Å². The van der Waals surface area contributed by atoms with Crippen LogP contribution in [0.1, 0.15) is 136 Å².